The molecule has 0 spiro atoms. The van der Waals surface area contributed by atoms with E-state index >= 15 is 0 Å². The van der Waals surface area contributed by atoms with Crippen molar-refractivity contribution in [2.75, 3.05) is 26.7 Å². The average molecular weight is 397 g/mol. The number of hydrogen-bond donors (Lipinski definition) is 2. The van der Waals surface area contributed by atoms with Gasteiger partial charge in [-0.15, -0.1) is 11.3 Å². The number of nitrogens with zero attached hydrogens (tertiary/aromatic N) is 1. The number of nitrogens with one attached hydrogen (secondary N) is 2. The number of benzene rings is 2. The molecular formula is C22H26N3O2S+. The van der Waals surface area contributed by atoms with E-state index in [9.17, 15) is 4.79 Å². The van der Waals surface area contributed by atoms with Crippen LogP contribution in [0.3, 0.4) is 0 Å². The van der Waals surface area contributed by atoms with Gasteiger partial charge in [-0.2, -0.15) is 0 Å². The van der Waals surface area contributed by atoms with Gasteiger partial charge in [-0.1, -0.05) is 24.3 Å². The Morgan fingerprint density at radius 2 is 2.18 bits per heavy atom. The Morgan fingerprint density at radius 1 is 1.29 bits per heavy atom. The zero-order valence-corrected chi connectivity index (χ0v) is 16.9. The van der Waals surface area contributed by atoms with E-state index < -0.39 is 0 Å². The summed E-state index contributed by atoms with van der Waals surface area (Å²) in [5.41, 5.74) is 2.14. The van der Waals surface area contributed by atoms with Gasteiger partial charge in [0.05, 0.1) is 36.3 Å². The van der Waals surface area contributed by atoms with Crippen LogP contribution in [0.5, 0.6) is 5.75 Å². The number of piperidine rings is 1. The molecule has 0 radical (unpaired) electrons. The summed E-state index contributed by atoms with van der Waals surface area (Å²) in [5, 5.41) is 4.26. The second kappa shape index (κ2) is 8.71. The van der Waals surface area contributed by atoms with Crippen LogP contribution in [0.1, 0.15) is 29.3 Å². The molecule has 3 aromatic rings. The van der Waals surface area contributed by atoms with Crippen LogP contribution in [-0.2, 0) is 11.3 Å². The molecule has 2 N–H and O–H groups in total. The van der Waals surface area contributed by atoms with Crippen LogP contribution in [0.15, 0.2) is 48.5 Å². The van der Waals surface area contributed by atoms with E-state index in [-0.39, 0.29) is 5.91 Å². The van der Waals surface area contributed by atoms with E-state index in [1.54, 1.807) is 18.4 Å². The second-order valence-electron chi connectivity index (χ2n) is 7.37. The molecule has 6 heteroatoms. The van der Waals surface area contributed by atoms with E-state index in [0.29, 0.717) is 19.0 Å². The number of aromatic nitrogens is 1. The lowest BCUT2D eigenvalue weighted by Crippen LogP contribution is -3.14. The van der Waals surface area contributed by atoms with Gasteiger partial charge in [-0.3, -0.25) is 4.79 Å². The van der Waals surface area contributed by atoms with Crippen molar-refractivity contribution in [2.45, 2.75) is 25.3 Å². The van der Waals surface area contributed by atoms with Crippen LogP contribution >= 0.6 is 11.3 Å². The summed E-state index contributed by atoms with van der Waals surface area (Å²) >= 11 is 1.80. The van der Waals surface area contributed by atoms with Gasteiger partial charge in [-0.05, 0) is 42.7 Å². The summed E-state index contributed by atoms with van der Waals surface area (Å²) in [6.07, 6.45) is 2.30. The smallest absolute Gasteiger partial charge is 0.275 e. The fraction of sp³-hybridized carbons (Fsp3) is 0.364. The Balaban J connectivity index is 1.32. The van der Waals surface area contributed by atoms with Crippen molar-refractivity contribution in [3.8, 4) is 5.75 Å². The standard InChI is InChI=1S/C22H25N3O2S/c1-27-18-8-4-6-16(12-18)13-23-21(26)15-25-11-5-7-17(14-25)22-24-19-9-2-3-10-20(19)28-22/h2-4,6,8-10,12,17H,5,7,11,13-15H2,1H3,(H,23,26)/p+1/t17-/m1/s1. The van der Waals surface area contributed by atoms with Gasteiger partial charge in [0.25, 0.3) is 5.91 Å². The molecule has 1 saturated heterocycles. The number of carbonyl (C=O) groups excluding carboxylic acids is 1. The third kappa shape index (κ3) is 4.51. The average Bonchev–Trinajstić information content (AvgIpc) is 3.17. The summed E-state index contributed by atoms with van der Waals surface area (Å²) < 4.78 is 6.49. The topological polar surface area (TPSA) is 55.7 Å². The number of quaternary nitrogens is 1. The molecule has 1 amide bonds. The summed E-state index contributed by atoms with van der Waals surface area (Å²) in [6.45, 7) is 3.08. The SMILES string of the molecule is COc1cccc(CNC(=O)C[NH+]2CCC[C@@H](c3nc4ccccc4s3)C2)c1. The van der Waals surface area contributed by atoms with E-state index in [2.05, 4.69) is 23.5 Å². The molecular weight excluding hydrogens is 370 g/mol. The monoisotopic (exact) mass is 396 g/mol. The van der Waals surface area contributed by atoms with E-state index in [0.717, 1.165) is 42.8 Å². The molecule has 1 fully saturated rings. The first-order valence-corrected chi connectivity index (χ1v) is 10.6. The largest absolute Gasteiger partial charge is 0.497 e. The van der Waals surface area contributed by atoms with Crippen LogP contribution in [0, 0.1) is 0 Å². The lowest BCUT2D eigenvalue weighted by molar-refractivity contribution is -0.898. The number of fused-ring (bicyclic) bond motifs is 1. The molecule has 1 aromatic heterocycles. The van der Waals surface area contributed by atoms with Gasteiger partial charge in [-0.25, -0.2) is 4.98 Å². The summed E-state index contributed by atoms with van der Waals surface area (Å²) in [4.78, 5) is 18.6. The summed E-state index contributed by atoms with van der Waals surface area (Å²) in [5.74, 6) is 1.36. The first-order valence-electron chi connectivity index (χ1n) is 9.80. The Morgan fingerprint density at radius 3 is 3.04 bits per heavy atom. The maximum absolute atomic E-state index is 12.4. The van der Waals surface area contributed by atoms with Crippen molar-refractivity contribution >= 4 is 27.5 Å². The molecule has 0 saturated carbocycles. The first kappa shape index (κ1) is 18.9. The molecule has 1 unspecified atom stereocenters. The third-order valence-electron chi connectivity index (χ3n) is 5.31. The van der Waals surface area contributed by atoms with Crippen molar-refractivity contribution in [3.05, 3.63) is 59.1 Å². The first-order chi connectivity index (χ1) is 13.7. The van der Waals surface area contributed by atoms with Crippen molar-refractivity contribution < 1.29 is 14.4 Å². The van der Waals surface area contributed by atoms with Gasteiger partial charge < -0.3 is 15.0 Å². The van der Waals surface area contributed by atoms with Gasteiger partial charge in [0, 0.05) is 6.54 Å². The Labute approximate surface area is 169 Å². The van der Waals surface area contributed by atoms with Crippen molar-refractivity contribution in [1.82, 2.24) is 10.3 Å². The summed E-state index contributed by atoms with van der Waals surface area (Å²) in [7, 11) is 1.65. The van der Waals surface area contributed by atoms with E-state index in [1.165, 1.54) is 14.6 Å². The number of carbonyl (C=O) groups is 1. The lowest BCUT2D eigenvalue weighted by atomic mass is 9.99. The van der Waals surface area contributed by atoms with Gasteiger partial charge >= 0.3 is 0 Å². The predicted octanol–water partition coefficient (Wildman–Crippen LogP) is 2.38. The molecule has 4 rings (SSSR count). The van der Waals surface area contributed by atoms with Crippen LogP contribution in [0.2, 0.25) is 0 Å². The van der Waals surface area contributed by atoms with E-state index in [4.69, 9.17) is 9.72 Å². The third-order valence-corrected chi connectivity index (χ3v) is 6.51. The molecule has 28 heavy (non-hydrogen) atoms. The quantitative estimate of drug-likeness (QED) is 0.673. The van der Waals surface area contributed by atoms with E-state index in [1.807, 2.05) is 30.3 Å². The molecule has 146 valence electrons. The van der Waals surface area contributed by atoms with Crippen molar-refractivity contribution in [3.63, 3.8) is 0 Å². The van der Waals surface area contributed by atoms with Gasteiger partial charge in [0.15, 0.2) is 6.54 Å². The minimum atomic E-state index is 0.0998. The highest BCUT2D eigenvalue weighted by molar-refractivity contribution is 7.18. The zero-order chi connectivity index (χ0) is 19.3. The fourth-order valence-corrected chi connectivity index (χ4v) is 4.96. The second-order valence-corrected chi connectivity index (χ2v) is 8.43. The van der Waals surface area contributed by atoms with Gasteiger partial charge in [0.2, 0.25) is 0 Å². The maximum atomic E-state index is 12.4. The number of ether oxygens (including phenoxy) is 1. The number of hydrogen-bond acceptors (Lipinski definition) is 4. The zero-order valence-electron chi connectivity index (χ0n) is 16.1. The maximum Gasteiger partial charge on any atom is 0.275 e. The number of rotatable bonds is 6. The Hall–Kier alpha value is -2.44. The van der Waals surface area contributed by atoms with Crippen LogP contribution < -0.4 is 15.0 Å². The van der Waals surface area contributed by atoms with Crippen LogP contribution in [-0.4, -0.2) is 37.6 Å². The number of likely N-dealkylation sites (tertiary alicyclic amines) is 1. The normalized spacial score (nSPS) is 19.5. The molecule has 2 atom stereocenters. The number of para-hydroxylation sites is 1. The Bertz CT molecular complexity index is 923. The molecule has 1 aliphatic rings. The minimum absolute atomic E-state index is 0.0998. The molecule has 5 nitrogen and oxygen atoms in total. The number of amides is 1. The fourth-order valence-electron chi connectivity index (χ4n) is 3.86. The molecule has 0 aliphatic carbocycles. The van der Waals surface area contributed by atoms with Gasteiger partial charge in [0.1, 0.15) is 10.8 Å². The van der Waals surface area contributed by atoms with Crippen LogP contribution in [0.4, 0.5) is 0 Å². The molecule has 2 heterocycles. The predicted molar refractivity (Wildman–Crippen MR) is 112 cm³/mol. The number of thiazole rings is 1. The highest BCUT2D eigenvalue weighted by atomic mass is 32.1. The molecule has 1 aliphatic heterocycles. The molecule has 2 aromatic carbocycles. The van der Waals surface area contributed by atoms with Crippen LogP contribution in [0.25, 0.3) is 10.2 Å². The highest BCUT2D eigenvalue weighted by Gasteiger charge is 2.28. The Kier molecular flexibility index (Phi) is 5.88. The van der Waals surface area contributed by atoms with Crippen molar-refractivity contribution in [2.24, 2.45) is 0 Å². The lowest BCUT2D eigenvalue weighted by Gasteiger charge is -2.28. The number of methoxy groups -OCH3 is 1. The molecule has 0 bridgehead atoms. The minimum Gasteiger partial charge on any atom is -0.497 e. The van der Waals surface area contributed by atoms with Crippen molar-refractivity contribution in [1.29, 1.82) is 0 Å². The summed E-state index contributed by atoms with van der Waals surface area (Å²) in [6, 6.07) is 16.1. The highest BCUT2D eigenvalue weighted by Crippen LogP contribution is 2.30.